The van der Waals surface area contributed by atoms with Crippen molar-refractivity contribution >= 4 is 22.6 Å². The summed E-state index contributed by atoms with van der Waals surface area (Å²) in [6.45, 7) is 2.04. The molecule has 0 N–H and O–H groups in total. The van der Waals surface area contributed by atoms with Gasteiger partial charge in [0, 0.05) is 25.4 Å². The van der Waals surface area contributed by atoms with Gasteiger partial charge in [0.1, 0.15) is 23.1 Å². The number of methoxy groups -OCH3 is 2. The SMILES string of the molecule is COc1ccc(OCCCCn2c(C3CC(=O)N(c4ccccc4OC)C3)nc3ccccc32)cc1. The minimum atomic E-state index is 0.0189. The van der Waals surface area contributed by atoms with Crippen molar-refractivity contribution in [3.05, 3.63) is 78.6 Å². The molecule has 7 nitrogen and oxygen atoms in total. The monoisotopic (exact) mass is 485 g/mol. The Labute approximate surface area is 211 Å². The average molecular weight is 486 g/mol. The Bertz CT molecular complexity index is 1330. The van der Waals surface area contributed by atoms with E-state index in [9.17, 15) is 4.79 Å². The van der Waals surface area contributed by atoms with Gasteiger partial charge in [0.15, 0.2) is 0 Å². The number of hydrogen-bond donors (Lipinski definition) is 0. The summed E-state index contributed by atoms with van der Waals surface area (Å²) < 4.78 is 18.9. The van der Waals surface area contributed by atoms with Crippen molar-refractivity contribution in [3.63, 3.8) is 0 Å². The van der Waals surface area contributed by atoms with Gasteiger partial charge in [0.2, 0.25) is 5.91 Å². The summed E-state index contributed by atoms with van der Waals surface area (Å²) in [6, 6.07) is 23.5. The number of nitrogens with zero attached hydrogens (tertiary/aromatic N) is 3. The zero-order valence-electron chi connectivity index (χ0n) is 20.7. The lowest BCUT2D eigenvalue weighted by atomic mass is 10.1. The summed E-state index contributed by atoms with van der Waals surface area (Å²) in [4.78, 5) is 19.8. The molecule has 3 aromatic carbocycles. The Morgan fingerprint density at radius 2 is 1.64 bits per heavy atom. The second kappa shape index (κ2) is 10.7. The standard InChI is InChI=1S/C29H31N3O4/c1-34-22-13-15-23(16-14-22)36-18-8-7-17-31-25-10-4-3-9-24(25)30-29(31)21-19-28(33)32(20-21)26-11-5-6-12-27(26)35-2/h3-6,9-16,21H,7-8,17-20H2,1-2H3. The van der Waals surface area contributed by atoms with Crippen molar-refractivity contribution in [2.75, 3.05) is 32.3 Å². The second-order valence-corrected chi connectivity index (χ2v) is 8.92. The molecule has 186 valence electrons. The molecule has 1 aliphatic heterocycles. The van der Waals surface area contributed by atoms with E-state index < -0.39 is 0 Å². The molecule has 2 heterocycles. The first-order valence-corrected chi connectivity index (χ1v) is 12.3. The minimum Gasteiger partial charge on any atom is -0.497 e. The quantitative estimate of drug-likeness (QED) is 0.280. The van der Waals surface area contributed by atoms with Crippen molar-refractivity contribution in [1.29, 1.82) is 0 Å². The highest BCUT2D eigenvalue weighted by atomic mass is 16.5. The van der Waals surface area contributed by atoms with Gasteiger partial charge in [-0.05, 0) is 61.4 Å². The van der Waals surface area contributed by atoms with Gasteiger partial charge in [-0.15, -0.1) is 0 Å². The van der Waals surface area contributed by atoms with Crippen LogP contribution < -0.4 is 19.1 Å². The number of aryl methyl sites for hydroxylation is 1. The van der Waals surface area contributed by atoms with Crippen LogP contribution in [0.1, 0.15) is 31.0 Å². The molecule has 1 fully saturated rings. The number of benzene rings is 3. The molecule has 1 atom stereocenters. The molecule has 1 amide bonds. The molecule has 0 saturated carbocycles. The molecule has 5 rings (SSSR count). The fourth-order valence-corrected chi connectivity index (χ4v) is 4.84. The van der Waals surface area contributed by atoms with E-state index in [0.29, 0.717) is 25.3 Å². The maximum atomic E-state index is 13.0. The molecule has 0 radical (unpaired) electrons. The van der Waals surface area contributed by atoms with Crippen LogP contribution >= 0.6 is 0 Å². The molecule has 0 aliphatic carbocycles. The molecule has 1 aromatic heterocycles. The molecule has 0 bridgehead atoms. The number of aromatic nitrogens is 2. The molecule has 36 heavy (non-hydrogen) atoms. The zero-order valence-corrected chi connectivity index (χ0v) is 20.7. The van der Waals surface area contributed by atoms with Gasteiger partial charge in [-0.25, -0.2) is 4.98 Å². The number of imidazole rings is 1. The molecule has 7 heteroatoms. The highest BCUT2D eigenvalue weighted by Crippen LogP contribution is 2.37. The molecular weight excluding hydrogens is 454 g/mol. The summed E-state index contributed by atoms with van der Waals surface area (Å²) in [6.07, 6.45) is 2.29. The van der Waals surface area contributed by atoms with Crippen molar-refractivity contribution in [3.8, 4) is 17.2 Å². The summed E-state index contributed by atoms with van der Waals surface area (Å²) >= 11 is 0. The Balaban J connectivity index is 1.28. The molecule has 0 spiro atoms. The summed E-state index contributed by atoms with van der Waals surface area (Å²) in [7, 11) is 3.29. The van der Waals surface area contributed by atoms with Crippen LogP contribution in [-0.4, -0.2) is 42.8 Å². The highest BCUT2D eigenvalue weighted by Gasteiger charge is 2.35. The van der Waals surface area contributed by atoms with Crippen molar-refractivity contribution < 1.29 is 19.0 Å². The maximum absolute atomic E-state index is 13.0. The van der Waals surface area contributed by atoms with E-state index in [1.54, 1.807) is 14.2 Å². The first-order valence-electron chi connectivity index (χ1n) is 12.3. The number of unbranched alkanes of at least 4 members (excludes halogenated alkanes) is 1. The molecule has 1 aliphatic rings. The first kappa shape index (κ1) is 23.7. The fourth-order valence-electron chi connectivity index (χ4n) is 4.84. The normalized spacial score (nSPS) is 15.4. The van der Waals surface area contributed by atoms with Crippen LogP contribution in [0.25, 0.3) is 11.0 Å². The number of hydrogen-bond acceptors (Lipinski definition) is 5. The van der Waals surface area contributed by atoms with Crippen LogP contribution in [0, 0.1) is 0 Å². The zero-order chi connectivity index (χ0) is 24.9. The lowest BCUT2D eigenvalue weighted by Gasteiger charge is -2.19. The number of fused-ring (bicyclic) bond motifs is 1. The summed E-state index contributed by atoms with van der Waals surface area (Å²) in [5.41, 5.74) is 2.88. The Morgan fingerprint density at radius 3 is 2.44 bits per heavy atom. The van der Waals surface area contributed by atoms with Gasteiger partial charge in [-0.2, -0.15) is 0 Å². The lowest BCUT2D eigenvalue weighted by molar-refractivity contribution is -0.117. The van der Waals surface area contributed by atoms with Gasteiger partial charge < -0.3 is 23.7 Å². The second-order valence-electron chi connectivity index (χ2n) is 8.92. The van der Waals surface area contributed by atoms with Crippen LogP contribution in [-0.2, 0) is 11.3 Å². The van der Waals surface area contributed by atoms with E-state index in [4.69, 9.17) is 19.2 Å². The van der Waals surface area contributed by atoms with Gasteiger partial charge >= 0.3 is 0 Å². The number of rotatable bonds is 10. The molecular formula is C29H31N3O4. The number of carbonyl (C=O) groups excluding carboxylic acids is 1. The predicted octanol–water partition coefficient (Wildman–Crippen LogP) is 5.43. The third kappa shape index (κ3) is 4.87. The fraction of sp³-hybridized carbons (Fsp3) is 0.310. The van der Waals surface area contributed by atoms with Crippen LogP contribution in [0.3, 0.4) is 0 Å². The first-order chi connectivity index (χ1) is 17.7. The van der Waals surface area contributed by atoms with Crippen molar-refractivity contribution in [2.24, 2.45) is 0 Å². The van der Waals surface area contributed by atoms with E-state index in [0.717, 1.165) is 53.4 Å². The molecule has 1 saturated heterocycles. The summed E-state index contributed by atoms with van der Waals surface area (Å²) in [5.74, 6) is 3.44. The smallest absolute Gasteiger partial charge is 0.227 e. The average Bonchev–Trinajstić information content (AvgIpc) is 3.49. The number of ether oxygens (including phenoxy) is 3. The highest BCUT2D eigenvalue weighted by molar-refractivity contribution is 5.97. The van der Waals surface area contributed by atoms with E-state index in [1.807, 2.05) is 71.6 Å². The van der Waals surface area contributed by atoms with E-state index in [1.165, 1.54) is 0 Å². The topological polar surface area (TPSA) is 65.8 Å². The van der Waals surface area contributed by atoms with Crippen molar-refractivity contribution in [2.45, 2.75) is 31.7 Å². The van der Waals surface area contributed by atoms with Crippen LogP contribution in [0.4, 0.5) is 5.69 Å². The van der Waals surface area contributed by atoms with E-state index in [-0.39, 0.29) is 11.8 Å². The molecule has 1 unspecified atom stereocenters. The van der Waals surface area contributed by atoms with Crippen molar-refractivity contribution in [1.82, 2.24) is 9.55 Å². The van der Waals surface area contributed by atoms with Crippen LogP contribution in [0.5, 0.6) is 17.2 Å². The Hall–Kier alpha value is -4.00. The third-order valence-electron chi connectivity index (χ3n) is 6.65. The van der Waals surface area contributed by atoms with Gasteiger partial charge in [-0.1, -0.05) is 24.3 Å². The predicted molar refractivity (Wildman–Crippen MR) is 140 cm³/mol. The lowest BCUT2D eigenvalue weighted by Crippen LogP contribution is -2.25. The number of anilines is 1. The molecule has 4 aromatic rings. The largest absolute Gasteiger partial charge is 0.497 e. The Kier molecular flexibility index (Phi) is 7.07. The minimum absolute atomic E-state index is 0.0189. The number of amides is 1. The van der Waals surface area contributed by atoms with E-state index >= 15 is 0 Å². The number of carbonyl (C=O) groups is 1. The Morgan fingerprint density at radius 1 is 0.889 bits per heavy atom. The maximum Gasteiger partial charge on any atom is 0.227 e. The van der Waals surface area contributed by atoms with Crippen LogP contribution in [0.15, 0.2) is 72.8 Å². The van der Waals surface area contributed by atoms with Gasteiger partial charge in [-0.3, -0.25) is 4.79 Å². The van der Waals surface area contributed by atoms with Gasteiger partial charge in [0.25, 0.3) is 0 Å². The number of para-hydroxylation sites is 4. The van der Waals surface area contributed by atoms with Gasteiger partial charge in [0.05, 0.1) is 37.5 Å². The summed E-state index contributed by atoms with van der Waals surface area (Å²) in [5, 5.41) is 0. The van der Waals surface area contributed by atoms with Crippen LogP contribution in [0.2, 0.25) is 0 Å². The third-order valence-corrected chi connectivity index (χ3v) is 6.65. The van der Waals surface area contributed by atoms with E-state index in [2.05, 4.69) is 10.6 Å².